The quantitative estimate of drug-likeness (QED) is 0.383. The Morgan fingerprint density at radius 2 is 1.50 bits per heavy atom. The van der Waals surface area contributed by atoms with Crippen LogP contribution in [0, 0.1) is 0 Å². The number of allylic oxidation sites excluding steroid dienone is 4. The van der Waals surface area contributed by atoms with Crippen LogP contribution in [0.2, 0.25) is 0 Å². The van der Waals surface area contributed by atoms with E-state index in [2.05, 4.69) is 27.0 Å². The summed E-state index contributed by atoms with van der Waals surface area (Å²) in [7, 11) is 0. The maximum absolute atomic E-state index is 10.7. The molecule has 18 heavy (non-hydrogen) atoms. The first kappa shape index (κ1) is 19.2. The predicted molar refractivity (Wildman–Crippen MR) is 82.8 cm³/mol. The van der Waals surface area contributed by atoms with Gasteiger partial charge in [-0.1, -0.05) is 64.5 Å². The first-order chi connectivity index (χ1) is 8.62. The molecule has 1 nitrogen and oxygen atoms in total. The lowest BCUT2D eigenvalue weighted by atomic mass is 10.0. The molecule has 0 aliphatic heterocycles. The molecule has 0 aliphatic rings. The number of carbonyl (C=O) groups excluding carboxylic acids is 1. The van der Waals surface area contributed by atoms with Gasteiger partial charge < -0.3 is 4.79 Å². The van der Waals surface area contributed by atoms with Crippen LogP contribution >= 0.6 is 0 Å². The number of ketones is 1. The van der Waals surface area contributed by atoms with Crippen molar-refractivity contribution in [2.75, 3.05) is 0 Å². The largest absolute Gasteiger partial charge is 0.300 e. The third-order valence-corrected chi connectivity index (χ3v) is 2.34. The first-order valence-corrected chi connectivity index (χ1v) is 7.05. The highest BCUT2D eigenvalue weighted by molar-refractivity contribution is 5.75. The van der Waals surface area contributed by atoms with Crippen molar-refractivity contribution >= 4 is 5.78 Å². The van der Waals surface area contributed by atoms with E-state index in [4.69, 9.17) is 0 Å². The van der Waals surface area contributed by atoms with E-state index >= 15 is 0 Å². The van der Waals surface area contributed by atoms with Crippen molar-refractivity contribution in [3.05, 3.63) is 37.0 Å². The maximum Gasteiger partial charge on any atom is 0.129 e. The summed E-state index contributed by atoms with van der Waals surface area (Å²) in [5.74, 6) is 0.299. The number of Topliss-reactive ketones (excluding diaryl/α,β-unsaturated/α-hetero) is 1. The lowest BCUT2D eigenvalue weighted by Crippen LogP contribution is -1.89. The smallest absolute Gasteiger partial charge is 0.129 e. The molecule has 0 rings (SSSR count). The van der Waals surface area contributed by atoms with Gasteiger partial charge in [-0.25, -0.2) is 0 Å². The maximum atomic E-state index is 10.7. The molecule has 0 fully saturated rings. The van der Waals surface area contributed by atoms with Crippen LogP contribution in [0.5, 0.6) is 0 Å². The number of rotatable bonds is 9. The number of hydrogen-bond acceptors (Lipinski definition) is 1. The molecule has 0 unspecified atom stereocenters. The first-order valence-electron chi connectivity index (χ1n) is 7.05. The molecule has 0 aromatic heterocycles. The Morgan fingerprint density at radius 1 is 1.00 bits per heavy atom. The second kappa shape index (κ2) is 15.9. The van der Waals surface area contributed by atoms with Gasteiger partial charge in [0.1, 0.15) is 5.78 Å². The Hall–Kier alpha value is -1.11. The van der Waals surface area contributed by atoms with Crippen molar-refractivity contribution in [3.63, 3.8) is 0 Å². The van der Waals surface area contributed by atoms with E-state index in [1.54, 1.807) is 13.0 Å². The minimum Gasteiger partial charge on any atom is -0.300 e. The van der Waals surface area contributed by atoms with Gasteiger partial charge in [0.2, 0.25) is 0 Å². The van der Waals surface area contributed by atoms with Gasteiger partial charge in [0.15, 0.2) is 0 Å². The molecule has 0 aliphatic carbocycles. The molecule has 0 saturated carbocycles. The average molecular weight is 250 g/mol. The van der Waals surface area contributed by atoms with Gasteiger partial charge in [-0.3, -0.25) is 0 Å². The van der Waals surface area contributed by atoms with Crippen LogP contribution < -0.4 is 0 Å². The van der Waals surface area contributed by atoms with Crippen molar-refractivity contribution < 1.29 is 4.79 Å². The van der Waals surface area contributed by atoms with Crippen LogP contribution in [0.15, 0.2) is 37.0 Å². The normalized spacial score (nSPS) is 10.3. The Balaban J connectivity index is 0. The third kappa shape index (κ3) is 17.3. The topological polar surface area (TPSA) is 17.1 Å². The lowest BCUT2D eigenvalue weighted by Gasteiger charge is -2.01. The second-order valence-electron chi connectivity index (χ2n) is 4.50. The summed E-state index contributed by atoms with van der Waals surface area (Å²) in [6.07, 6.45) is 13.3. The summed E-state index contributed by atoms with van der Waals surface area (Å²) in [6, 6.07) is 0. The Morgan fingerprint density at radius 3 is 1.89 bits per heavy atom. The van der Waals surface area contributed by atoms with Gasteiger partial charge in [-0.15, -0.1) is 0 Å². The van der Waals surface area contributed by atoms with Crippen molar-refractivity contribution in [1.29, 1.82) is 0 Å². The molecule has 0 atom stereocenters. The van der Waals surface area contributed by atoms with Crippen LogP contribution in [-0.4, -0.2) is 5.78 Å². The molecule has 104 valence electrons. The van der Waals surface area contributed by atoms with Crippen LogP contribution in [0.25, 0.3) is 0 Å². The van der Waals surface area contributed by atoms with E-state index in [0.717, 1.165) is 25.7 Å². The Kier molecular flexibility index (Phi) is 17.0. The minimum atomic E-state index is 0.299. The van der Waals surface area contributed by atoms with Crippen LogP contribution in [0.3, 0.4) is 0 Å². The highest BCUT2D eigenvalue weighted by atomic mass is 16.1. The molecule has 0 radical (unpaired) electrons. The predicted octanol–water partition coefficient (Wildman–Crippen LogP) is 5.63. The van der Waals surface area contributed by atoms with Gasteiger partial charge in [-0.05, 0) is 31.8 Å². The van der Waals surface area contributed by atoms with Gasteiger partial charge in [0.25, 0.3) is 0 Å². The molecule has 0 aromatic rings. The van der Waals surface area contributed by atoms with E-state index in [-0.39, 0.29) is 0 Å². The van der Waals surface area contributed by atoms with Gasteiger partial charge >= 0.3 is 0 Å². The summed E-state index contributed by atoms with van der Waals surface area (Å²) < 4.78 is 0. The number of carbonyl (C=O) groups is 1. The fourth-order valence-electron chi connectivity index (χ4n) is 1.46. The average Bonchev–Trinajstić information content (AvgIpc) is 2.32. The second-order valence-corrected chi connectivity index (χ2v) is 4.50. The van der Waals surface area contributed by atoms with Crippen molar-refractivity contribution in [1.82, 2.24) is 0 Å². The van der Waals surface area contributed by atoms with E-state index < -0.39 is 0 Å². The van der Waals surface area contributed by atoms with Crippen molar-refractivity contribution in [3.8, 4) is 0 Å². The SMILES string of the molecule is C=C/C=C(\C=C)CCCCCCC(C)=O.CCC. The van der Waals surface area contributed by atoms with E-state index in [9.17, 15) is 4.79 Å². The molecular weight excluding hydrogens is 220 g/mol. The van der Waals surface area contributed by atoms with E-state index in [0.29, 0.717) is 5.78 Å². The number of unbranched alkanes of at least 4 members (excludes halogenated alkanes) is 3. The van der Waals surface area contributed by atoms with Gasteiger partial charge in [0.05, 0.1) is 0 Å². The van der Waals surface area contributed by atoms with Crippen molar-refractivity contribution in [2.24, 2.45) is 0 Å². The monoisotopic (exact) mass is 250 g/mol. The molecule has 1 heteroatoms. The fourth-order valence-corrected chi connectivity index (χ4v) is 1.46. The molecule has 0 heterocycles. The highest BCUT2D eigenvalue weighted by Crippen LogP contribution is 2.11. The zero-order valence-corrected chi connectivity index (χ0v) is 12.5. The summed E-state index contributed by atoms with van der Waals surface area (Å²) in [4.78, 5) is 10.7. The van der Waals surface area contributed by atoms with Gasteiger partial charge in [-0.2, -0.15) is 0 Å². The summed E-state index contributed by atoms with van der Waals surface area (Å²) in [5.41, 5.74) is 1.25. The third-order valence-electron chi connectivity index (χ3n) is 2.34. The highest BCUT2D eigenvalue weighted by Gasteiger charge is 1.95. The molecule has 0 bridgehead atoms. The van der Waals surface area contributed by atoms with Crippen LogP contribution in [0.1, 0.15) is 65.7 Å². The molecule has 0 spiro atoms. The summed E-state index contributed by atoms with van der Waals surface area (Å²) in [6.45, 7) is 13.3. The standard InChI is InChI=1S/C14H22O.C3H8/c1-4-10-14(5-2)12-9-7-6-8-11-13(3)15;1-3-2/h4-5,10H,1-2,6-9,11-12H2,3H3;3H2,1-2H3/b14-10+;. The molecule has 0 aromatic carbocycles. The molecule has 0 amide bonds. The Bertz CT molecular complexity index is 248. The Labute approximate surface area is 114 Å². The zero-order valence-electron chi connectivity index (χ0n) is 12.5. The van der Waals surface area contributed by atoms with E-state index in [1.807, 2.05) is 12.2 Å². The zero-order chi connectivity index (χ0) is 14.2. The number of hydrogen-bond donors (Lipinski definition) is 0. The summed E-state index contributed by atoms with van der Waals surface area (Å²) in [5, 5.41) is 0. The molecule has 0 saturated heterocycles. The minimum absolute atomic E-state index is 0.299. The van der Waals surface area contributed by atoms with Gasteiger partial charge in [0, 0.05) is 6.42 Å². The van der Waals surface area contributed by atoms with Crippen LogP contribution in [0.4, 0.5) is 0 Å². The molecule has 0 N–H and O–H groups in total. The van der Waals surface area contributed by atoms with Crippen LogP contribution in [-0.2, 0) is 4.79 Å². The van der Waals surface area contributed by atoms with Crippen molar-refractivity contribution in [2.45, 2.75) is 65.7 Å². The summed E-state index contributed by atoms with van der Waals surface area (Å²) >= 11 is 0. The van der Waals surface area contributed by atoms with E-state index in [1.165, 1.54) is 24.8 Å². The molecular formula is C17H30O. The fraction of sp³-hybridized carbons (Fsp3) is 0.588. The lowest BCUT2D eigenvalue weighted by molar-refractivity contribution is -0.117.